The number of hydrogen-bond donors (Lipinski definition) is 1. The topological polar surface area (TPSA) is 69.7 Å². The van der Waals surface area contributed by atoms with Crippen molar-refractivity contribution in [1.29, 1.82) is 0 Å². The maximum absolute atomic E-state index is 12.5. The summed E-state index contributed by atoms with van der Waals surface area (Å²) in [4.78, 5) is 12.0. The predicted molar refractivity (Wildman–Crippen MR) is 81.9 cm³/mol. The van der Waals surface area contributed by atoms with E-state index in [0.717, 1.165) is 19.3 Å². The molecule has 0 atom stereocenters. The van der Waals surface area contributed by atoms with Crippen LogP contribution in [0.3, 0.4) is 0 Å². The molecular weight excluding hydrogens is 290 g/mol. The molecule has 0 bridgehead atoms. The molecule has 2 fully saturated rings. The van der Waals surface area contributed by atoms with Crippen molar-refractivity contribution in [3.63, 3.8) is 0 Å². The lowest BCUT2D eigenvalue weighted by molar-refractivity contribution is -0.126. The van der Waals surface area contributed by atoms with Gasteiger partial charge in [-0.2, -0.15) is 17.0 Å². The van der Waals surface area contributed by atoms with Gasteiger partial charge in [-0.25, -0.2) is 0 Å². The van der Waals surface area contributed by atoms with Crippen LogP contribution in [-0.4, -0.2) is 55.2 Å². The van der Waals surface area contributed by atoms with Gasteiger partial charge in [0, 0.05) is 38.1 Å². The summed E-state index contributed by atoms with van der Waals surface area (Å²) in [6.45, 7) is 6.05. The Hall–Kier alpha value is -0.660. The third kappa shape index (κ3) is 4.17. The van der Waals surface area contributed by atoms with E-state index in [9.17, 15) is 13.2 Å². The van der Waals surface area contributed by atoms with Gasteiger partial charge in [-0.05, 0) is 39.5 Å². The average molecular weight is 317 g/mol. The van der Waals surface area contributed by atoms with E-state index in [4.69, 9.17) is 0 Å². The minimum Gasteiger partial charge on any atom is -0.354 e. The molecule has 0 spiro atoms. The summed E-state index contributed by atoms with van der Waals surface area (Å²) in [5.74, 6) is 0.000210. The van der Waals surface area contributed by atoms with E-state index in [0.29, 0.717) is 39.0 Å². The Morgan fingerprint density at radius 3 is 2.05 bits per heavy atom. The second-order valence-electron chi connectivity index (χ2n) is 6.30. The third-order valence-corrected chi connectivity index (χ3v) is 6.26. The normalized spacial score (nSPS) is 23.4. The van der Waals surface area contributed by atoms with Gasteiger partial charge in [0.25, 0.3) is 10.2 Å². The molecule has 21 heavy (non-hydrogen) atoms. The van der Waals surface area contributed by atoms with Gasteiger partial charge in [0.1, 0.15) is 0 Å². The summed E-state index contributed by atoms with van der Waals surface area (Å²) >= 11 is 0. The highest BCUT2D eigenvalue weighted by Gasteiger charge is 2.35. The van der Waals surface area contributed by atoms with Crippen molar-refractivity contribution < 1.29 is 13.2 Å². The molecule has 7 heteroatoms. The van der Waals surface area contributed by atoms with Crippen LogP contribution in [0.4, 0.5) is 0 Å². The van der Waals surface area contributed by atoms with Crippen LogP contribution in [0.5, 0.6) is 0 Å². The minimum atomic E-state index is -3.32. The van der Waals surface area contributed by atoms with Crippen LogP contribution in [0.15, 0.2) is 0 Å². The van der Waals surface area contributed by atoms with Crippen molar-refractivity contribution in [1.82, 2.24) is 13.9 Å². The highest BCUT2D eigenvalue weighted by molar-refractivity contribution is 7.86. The molecule has 0 aromatic rings. The van der Waals surface area contributed by atoms with Crippen molar-refractivity contribution >= 4 is 16.1 Å². The van der Waals surface area contributed by atoms with E-state index in [1.54, 1.807) is 8.61 Å². The lowest BCUT2D eigenvalue weighted by Crippen LogP contribution is -2.50. The van der Waals surface area contributed by atoms with Crippen LogP contribution in [0.25, 0.3) is 0 Å². The number of carbonyl (C=O) groups is 1. The van der Waals surface area contributed by atoms with Gasteiger partial charge < -0.3 is 5.32 Å². The number of nitrogens with one attached hydrogen (secondary N) is 1. The van der Waals surface area contributed by atoms with Gasteiger partial charge in [0.15, 0.2) is 0 Å². The summed E-state index contributed by atoms with van der Waals surface area (Å²) < 4.78 is 28.2. The fourth-order valence-corrected chi connectivity index (χ4v) is 4.73. The van der Waals surface area contributed by atoms with Gasteiger partial charge in [0.2, 0.25) is 5.91 Å². The van der Waals surface area contributed by atoms with Gasteiger partial charge in [0.05, 0.1) is 0 Å². The SMILES string of the molecule is CC(C)NC(=O)C1CCN(S(=O)(=O)N2CCCCC2)CC1. The molecule has 2 aliphatic heterocycles. The highest BCUT2D eigenvalue weighted by atomic mass is 32.2. The van der Waals surface area contributed by atoms with E-state index in [2.05, 4.69) is 5.32 Å². The molecule has 122 valence electrons. The Bertz CT molecular complexity index is 450. The van der Waals surface area contributed by atoms with Crippen LogP contribution in [0.2, 0.25) is 0 Å². The summed E-state index contributed by atoms with van der Waals surface area (Å²) in [6.07, 6.45) is 4.25. The Kier molecular flexibility index (Phi) is 5.62. The fraction of sp³-hybridized carbons (Fsp3) is 0.929. The molecule has 0 aliphatic carbocycles. The van der Waals surface area contributed by atoms with Crippen LogP contribution < -0.4 is 5.32 Å². The first-order valence-corrected chi connectivity index (χ1v) is 9.36. The van der Waals surface area contributed by atoms with E-state index in [-0.39, 0.29) is 17.9 Å². The van der Waals surface area contributed by atoms with Crippen LogP contribution in [0, 0.1) is 5.92 Å². The molecule has 1 amide bonds. The number of nitrogens with zero attached hydrogens (tertiary/aromatic N) is 2. The van der Waals surface area contributed by atoms with Gasteiger partial charge in [-0.15, -0.1) is 0 Å². The first kappa shape index (κ1) is 16.7. The summed E-state index contributed by atoms with van der Waals surface area (Å²) in [5.41, 5.74) is 0. The molecule has 0 saturated carbocycles. The molecule has 2 aliphatic rings. The molecule has 0 aromatic carbocycles. The standard InChI is InChI=1S/C14H27N3O3S/c1-12(2)15-14(18)13-6-10-17(11-7-13)21(19,20)16-8-4-3-5-9-16/h12-13H,3-11H2,1-2H3,(H,15,18). The lowest BCUT2D eigenvalue weighted by atomic mass is 9.97. The van der Waals surface area contributed by atoms with E-state index < -0.39 is 10.2 Å². The van der Waals surface area contributed by atoms with Crippen molar-refractivity contribution in [3.05, 3.63) is 0 Å². The zero-order valence-corrected chi connectivity index (χ0v) is 13.9. The largest absolute Gasteiger partial charge is 0.354 e. The lowest BCUT2D eigenvalue weighted by Gasteiger charge is -2.36. The first-order chi connectivity index (χ1) is 9.91. The molecule has 6 nitrogen and oxygen atoms in total. The Morgan fingerprint density at radius 2 is 1.52 bits per heavy atom. The molecule has 0 aromatic heterocycles. The summed E-state index contributed by atoms with van der Waals surface area (Å²) in [7, 11) is -3.32. The molecular formula is C14H27N3O3S. The van der Waals surface area contributed by atoms with Crippen LogP contribution >= 0.6 is 0 Å². The Labute approximate surface area is 128 Å². The average Bonchev–Trinajstić information content (AvgIpc) is 2.47. The molecule has 2 saturated heterocycles. The van der Waals surface area contributed by atoms with E-state index in [1.807, 2.05) is 13.8 Å². The predicted octanol–water partition coefficient (Wildman–Crippen LogP) is 0.954. The molecule has 2 rings (SSSR count). The summed E-state index contributed by atoms with van der Waals surface area (Å²) in [5, 5.41) is 2.91. The summed E-state index contributed by atoms with van der Waals surface area (Å²) in [6, 6.07) is 0.132. The second-order valence-corrected chi connectivity index (χ2v) is 8.23. The smallest absolute Gasteiger partial charge is 0.281 e. The second kappa shape index (κ2) is 7.07. The number of carbonyl (C=O) groups excluding carboxylic acids is 1. The van der Waals surface area contributed by atoms with Crippen molar-refractivity contribution in [3.8, 4) is 0 Å². The van der Waals surface area contributed by atoms with Crippen LogP contribution in [-0.2, 0) is 15.0 Å². The molecule has 2 heterocycles. The molecule has 0 radical (unpaired) electrons. The fourth-order valence-electron chi connectivity index (χ4n) is 3.01. The molecule has 1 N–H and O–H groups in total. The van der Waals surface area contributed by atoms with E-state index in [1.165, 1.54) is 0 Å². The number of rotatable bonds is 4. The zero-order valence-electron chi connectivity index (χ0n) is 13.0. The van der Waals surface area contributed by atoms with E-state index >= 15 is 0 Å². The quantitative estimate of drug-likeness (QED) is 0.839. The van der Waals surface area contributed by atoms with Gasteiger partial charge >= 0.3 is 0 Å². The maximum atomic E-state index is 12.5. The Morgan fingerprint density at radius 1 is 1.00 bits per heavy atom. The van der Waals surface area contributed by atoms with Crippen molar-refractivity contribution in [2.75, 3.05) is 26.2 Å². The number of piperidine rings is 2. The third-order valence-electron chi connectivity index (χ3n) is 4.22. The number of amides is 1. The first-order valence-electron chi connectivity index (χ1n) is 7.97. The molecule has 0 unspecified atom stereocenters. The van der Waals surface area contributed by atoms with Gasteiger partial charge in [-0.3, -0.25) is 4.79 Å². The van der Waals surface area contributed by atoms with Crippen molar-refractivity contribution in [2.24, 2.45) is 5.92 Å². The Balaban J connectivity index is 1.89. The van der Waals surface area contributed by atoms with Gasteiger partial charge in [-0.1, -0.05) is 6.42 Å². The zero-order chi connectivity index (χ0) is 15.5. The van der Waals surface area contributed by atoms with Crippen molar-refractivity contribution in [2.45, 2.75) is 52.0 Å². The maximum Gasteiger partial charge on any atom is 0.281 e. The number of hydrogen-bond acceptors (Lipinski definition) is 3. The minimum absolute atomic E-state index is 0.0554. The highest BCUT2D eigenvalue weighted by Crippen LogP contribution is 2.23. The monoisotopic (exact) mass is 317 g/mol. The van der Waals surface area contributed by atoms with Crippen LogP contribution in [0.1, 0.15) is 46.0 Å².